The van der Waals surface area contributed by atoms with Crippen molar-refractivity contribution < 1.29 is 30.8 Å². The van der Waals surface area contributed by atoms with Crippen LogP contribution in [-0.4, -0.2) is 57.3 Å². The topological polar surface area (TPSA) is 108 Å². The van der Waals surface area contributed by atoms with Crippen molar-refractivity contribution in [3.8, 4) is 11.1 Å². The number of sulfonamides is 1. The Kier molecular flexibility index (Phi) is 9.20. The normalized spacial score (nSPS) is 16.1. The highest BCUT2D eigenvalue weighted by Gasteiger charge is 2.34. The number of rotatable bonds is 9. The minimum Gasteiger partial charge on any atom is -0.399 e. The SMILES string of the molecule is CCS(=O)(=O)N[C@@H]1CCN(CCN(C(=O)Nc2ccc(F)c(C(F)(F)F)c2)c2ccc(-c3cccc(N)c3)cc2)C1. The summed E-state index contributed by atoms with van der Waals surface area (Å²) in [7, 11) is -3.36. The van der Waals surface area contributed by atoms with Crippen molar-refractivity contribution in [1.29, 1.82) is 0 Å². The van der Waals surface area contributed by atoms with Gasteiger partial charge in [-0.25, -0.2) is 22.3 Å². The number of likely N-dealkylation sites (tertiary alicyclic amines) is 1. The van der Waals surface area contributed by atoms with E-state index in [1.807, 2.05) is 23.1 Å². The number of nitrogens with zero attached hydrogens (tertiary/aromatic N) is 2. The molecule has 1 atom stereocenters. The van der Waals surface area contributed by atoms with Gasteiger partial charge in [-0.1, -0.05) is 24.3 Å². The van der Waals surface area contributed by atoms with E-state index >= 15 is 0 Å². The summed E-state index contributed by atoms with van der Waals surface area (Å²) in [6, 6.07) is 15.6. The van der Waals surface area contributed by atoms with Crippen molar-refractivity contribution in [3.05, 3.63) is 78.1 Å². The highest BCUT2D eigenvalue weighted by atomic mass is 32.2. The smallest absolute Gasteiger partial charge is 0.399 e. The third kappa shape index (κ3) is 7.96. The molecule has 1 fully saturated rings. The highest BCUT2D eigenvalue weighted by molar-refractivity contribution is 7.89. The monoisotopic (exact) mass is 593 g/mol. The minimum absolute atomic E-state index is 0.0253. The number of anilines is 3. The van der Waals surface area contributed by atoms with Crippen LogP contribution in [0.2, 0.25) is 0 Å². The lowest BCUT2D eigenvalue weighted by Crippen LogP contribution is -2.42. The van der Waals surface area contributed by atoms with E-state index in [9.17, 15) is 30.8 Å². The van der Waals surface area contributed by atoms with Crippen LogP contribution in [-0.2, 0) is 16.2 Å². The fraction of sp³-hybridized carbons (Fsp3) is 0.321. The summed E-state index contributed by atoms with van der Waals surface area (Å²) < 4.78 is 80.0. The number of amides is 2. The van der Waals surface area contributed by atoms with Crippen molar-refractivity contribution in [2.24, 2.45) is 0 Å². The van der Waals surface area contributed by atoms with Crippen molar-refractivity contribution in [3.63, 3.8) is 0 Å². The van der Waals surface area contributed by atoms with Crippen molar-refractivity contribution in [2.75, 3.05) is 47.9 Å². The van der Waals surface area contributed by atoms with E-state index in [1.54, 1.807) is 37.3 Å². The fourth-order valence-corrected chi connectivity index (χ4v) is 5.49. The van der Waals surface area contributed by atoms with Gasteiger partial charge in [-0.2, -0.15) is 13.2 Å². The number of carbonyl (C=O) groups excluding carboxylic acids is 1. The molecule has 13 heteroatoms. The van der Waals surface area contributed by atoms with Gasteiger partial charge in [0.05, 0.1) is 11.3 Å². The molecule has 1 saturated heterocycles. The highest BCUT2D eigenvalue weighted by Crippen LogP contribution is 2.33. The van der Waals surface area contributed by atoms with Crippen LogP contribution in [0.25, 0.3) is 11.1 Å². The van der Waals surface area contributed by atoms with Crippen LogP contribution < -0.4 is 20.7 Å². The van der Waals surface area contributed by atoms with Gasteiger partial charge in [0.15, 0.2) is 0 Å². The quantitative estimate of drug-likeness (QED) is 0.235. The number of halogens is 4. The third-order valence-electron chi connectivity index (χ3n) is 6.81. The third-order valence-corrected chi connectivity index (χ3v) is 8.26. The Hall–Kier alpha value is -3.68. The Morgan fingerprint density at radius 2 is 1.80 bits per heavy atom. The molecule has 4 rings (SSSR count). The second-order valence-electron chi connectivity index (χ2n) is 9.75. The van der Waals surface area contributed by atoms with Crippen LogP contribution in [0.1, 0.15) is 18.9 Å². The summed E-state index contributed by atoms with van der Waals surface area (Å²) in [5.41, 5.74) is 6.99. The molecule has 3 aromatic carbocycles. The lowest BCUT2D eigenvalue weighted by molar-refractivity contribution is -0.139. The molecule has 0 aliphatic carbocycles. The molecule has 0 saturated carbocycles. The zero-order valence-electron chi connectivity index (χ0n) is 22.3. The number of nitrogens with one attached hydrogen (secondary N) is 2. The van der Waals surface area contributed by atoms with E-state index < -0.39 is 33.6 Å². The first-order valence-electron chi connectivity index (χ1n) is 13.0. The summed E-state index contributed by atoms with van der Waals surface area (Å²) >= 11 is 0. The Morgan fingerprint density at radius 3 is 2.46 bits per heavy atom. The molecule has 0 radical (unpaired) electrons. The zero-order valence-corrected chi connectivity index (χ0v) is 23.1. The molecular weight excluding hydrogens is 562 g/mol. The van der Waals surface area contributed by atoms with Crippen molar-refractivity contribution >= 4 is 33.1 Å². The second-order valence-corrected chi connectivity index (χ2v) is 11.8. The molecule has 0 spiro atoms. The first-order valence-corrected chi connectivity index (χ1v) is 14.6. The average molecular weight is 594 g/mol. The molecule has 1 aliphatic rings. The Labute approximate surface area is 236 Å². The van der Waals surface area contributed by atoms with Gasteiger partial charge >= 0.3 is 12.2 Å². The van der Waals surface area contributed by atoms with Gasteiger partial charge in [-0.15, -0.1) is 0 Å². The van der Waals surface area contributed by atoms with Crippen LogP contribution in [0.3, 0.4) is 0 Å². The van der Waals surface area contributed by atoms with E-state index in [0.717, 1.165) is 17.2 Å². The summed E-state index contributed by atoms with van der Waals surface area (Å²) in [5, 5.41) is 2.45. The van der Waals surface area contributed by atoms with Crippen LogP contribution in [0.4, 0.5) is 39.4 Å². The maximum Gasteiger partial charge on any atom is 0.419 e. The molecule has 1 aliphatic heterocycles. The molecule has 220 valence electrons. The summed E-state index contributed by atoms with van der Waals surface area (Å²) in [5.74, 6) is -1.46. The second kappa shape index (κ2) is 12.5. The Bertz CT molecular complexity index is 1480. The van der Waals surface area contributed by atoms with Gasteiger partial charge in [-0.3, -0.25) is 9.80 Å². The molecule has 0 aromatic heterocycles. The minimum atomic E-state index is -4.92. The molecule has 0 bridgehead atoms. The number of carbonyl (C=O) groups is 1. The number of hydrogen-bond acceptors (Lipinski definition) is 5. The van der Waals surface area contributed by atoms with Crippen LogP contribution in [0.5, 0.6) is 0 Å². The molecule has 1 heterocycles. The van der Waals surface area contributed by atoms with Gasteiger partial charge in [-0.05, 0) is 73.5 Å². The molecule has 8 nitrogen and oxygen atoms in total. The predicted octanol–water partition coefficient (Wildman–Crippen LogP) is 5.15. The summed E-state index contributed by atoms with van der Waals surface area (Å²) in [6.45, 7) is 3.15. The fourth-order valence-electron chi connectivity index (χ4n) is 4.62. The zero-order chi connectivity index (χ0) is 29.8. The number of alkyl halides is 3. The first kappa shape index (κ1) is 30.3. The average Bonchev–Trinajstić information content (AvgIpc) is 3.36. The number of hydrogen-bond donors (Lipinski definition) is 3. The molecular formula is C28H31F4N5O3S. The van der Waals surface area contributed by atoms with Crippen molar-refractivity contribution in [1.82, 2.24) is 9.62 Å². The number of nitrogens with two attached hydrogens (primary N) is 1. The molecule has 2 amide bonds. The standard InChI is InChI=1S/C28H31F4N5O3S/c1-2-41(39,40)35-23-12-13-36(18-23)14-15-37(24-9-6-19(7-10-24)20-4-3-5-21(33)16-20)27(38)34-22-8-11-26(29)25(17-22)28(30,31)32/h3-11,16-17,23,35H,2,12-15,18,33H2,1H3,(H,34,38)/t23-/m1/s1. The Balaban J connectivity index is 1.54. The van der Waals surface area contributed by atoms with E-state index in [0.29, 0.717) is 49.6 Å². The first-order chi connectivity index (χ1) is 19.3. The maximum absolute atomic E-state index is 13.8. The molecule has 4 N–H and O–H groups in total. The molecule has 0 unspecified atom stereocenters. The lowest BCUT2D eigenvalue weighted by Gasteiger charge is -2.26. The Morgan fingerprint density at radius 1 is 1.07 bits per heavy atom. The van der Waals surface area contributed by atoms with E-state index in [2.05, 4.69) is 10.0 Å². The van der Waals surface area contributed by atoms with Crippen LogP contribution >= 0.6 is 0 Å². The lowest BCUT2D eigenvalue weighted by atomic mass is 10.0. The number of benzene rings is 3. The summed E-state index contributed by atoms with van der Waals surface area (Å²) in [6.07, 6.45) is -4.32. The predicted molar refractivity (Wildman–Crippen MR) is 151 cm³/mol. The van der Waals surface area contributed by atoms with Gasteiger partial charge in [0, 0.05) is 42.7 Å². The molecule has 3 aromatic rings. The van der Waals surface area contributed by atoms with Gasteiger partial charge in [0.25, 0.3) is 0 Å². The van der Waals surface area contributed by atoms with Crippen LogP contribution in [0, 0.1) is 5.82 Å². The van der Waals surface area contributed by atoms with Gasteiger partial charge in [0.2, 0.25) is 10.0 Å². The van der Waals surface area contributed by atoms with E-state index in [1.165, 1.54) is 4.90 Å². The van der Waals surface area contributed by atoms with Gasteiger partial charge in [0.1, 0.15) is 5.82 Å². The number of urea groups is 1. The van der Waals surface area contributed by atoms with Crippen molar-refractivity contribution in [2.45, 2.75) is 25.6 Å². The largest absolute Gasteiger partial charge is 0.419 e. The molecule has 41 heavy (non-hydrogen) atoms. The van der Waals surface area contributed by atoms with E-state index in [-0.39, 0.29) is 24.0 Å². The summed E-state index contributed by atoms with van der Waals surface area (Å²) in [4.78, 5) is 16.7. The maximum atomic E-state index is 13.8. The van der Waals surface area contributed by atoms with Gasteiger partial charge < -0.3 is 11.1 Å². The number of nitrogen functional groups attached to an aromatic ring is 1. The van der Waals surface area contributed by atoms with E-state index in [4.69, 9.17) is 5.73 Å². The van der Waals surface area contributed by atoms with Crippen LogP contribution in [0.15, 0.2) is 66.7 Å².